The maximum absolute atomic E-state index is 5.88. The Morgan fingerprint density at radius 1 is 1.24 bits per heavy atom. The van der Waals surface area contributed by atoms with Gasteiger partial charge in [0.15, 0.2) is 0 Å². The van der Waals surface area contributed by atoms with Crippen molar-refractivity contribution in [2.75, 3.05) is 5.73 Å². The maximum atomic E-state index is 5.88. The first kappa shape index (κ1) is 9.84. The standard InChI is InChI=1S/C13H12N4/c1-8-2-3-11-12(6-8)17-13(16-11)9-4-5-15-7-10(9)14/h2-7H,14H2,1H3,(H,16,17). The van der Waals surface area contributed by atoms with Crippen LogP contribution in [0.1, 0.15) is 5.56 Å². The number of pyridine rings is 1. The van der Waals surface area contributed by atoms with Crippen molar-refractivity contribution in [3.05, 3.63) is 42.2 Å². The summed E-state index contributed by atoms with van der Waals surface area (Å²) < 4.78 is 0. The summed E-state index contributed by atoms with van der Waals surface area (Å²) in [6, 6.07) is 7.98. The predicted octanol–water partition coefficient (Wildman–Crippen LogP) is 2.52. The minimum absolute atomic E-state index is 0.628. The van der Waals surface area contributed by atoms with E-state index in [-0.39, 0.29) is 0 Å². The van der Waals surface area contributed by atoms with Crippen LogP contribution in [0.15, 0.2) is 36.7 Å². The van der Waals surface area contributed by atoms with E-state index in [2.05, 4.69) is 27.9 Å². The zero-order chi connectivity index (χ0) is 11.8. The molecule has 0 atom stereocenters. The highest BCUT2D eigenvalue weighted by Crippen LogP contribution is 2.24. The van der Waals surface area contributed by atoms with Crippen LogP contribution in [0, 0.1) is 6.92 Å². The summed E-state index contributed by atoms with van der Waals surface area (Å²) in [7, 11) is 0. The van der Waals surface area contributed by atoms with E-state index >= 15 is 0 Å². The molecule has 3 N–H and O–H groups in total. The Bertz CT molecular complexity index is 685. The summed E-state index contributed by atoms with van der Waals surface area (Å²) in [5, 5.41) is 0. The summed E-state index contributed by atoms with van der Waals surface area (Å²) >= 11 is 0. The normalized spacial score (nSPS) is 10.9. The van der Waals surface area contributed by atoms with Crippen molar-refractivity contribution in [2.24, 2.45) is 0 Å². The molecule has 2 aromatic heterocycles. The van der Waals surface area contributed by atoms with Crippen LogP contribution in [0.2, 0.25) is 0 Å². The van der Waals surface area contributed by atoms with Crippen LogP contribution in [0.5, 0.6) is 0 Å². The average molecular weight is 224 g/mol. The lowest BCUT2D eigenvalue weighted by Gasteiger charge is -1.99. The van der Waals surface area contributed by atoms with Crippen LogP contribution in [0.3, 0.4) is 0 Å². The number of hydrogen-bond donors (Lipinski definition) is 2. The molecule has 0 saturated heterocycles. The van der Waals surface area contributed by atoms with E-state index in [0.29, 0.717) is 5.69 Å². The van der Waals surface area contributed by atoms with Gasteiger partial charge in [-0.1, -0.05) is 6.07 Å². The summed E-state index contributed by atoms with van der Waals surface area (Å²) in [6.45, 7) is 2.06. The van der Waals surface area contributed by atoms with Gasteiger partial charge in [0.05, 0.1) is 22.9 Å². The molecular weight excluding hydrogens is 212 g/mol. The number of aromatic nitrogens is 3. The van der Waals surface area contributed by atoms with Gasteiger partial charge in [0.25, 0.3) is 0 Å². The number of hydrogen-bond acceptors (Lipinski definition) is 3. The number of nitrogens with zero attached hydrogens (tertiary/aromatic N) is 2. The average Bonchev–Trinajstić information content (AvgIpc) is 2.72. The molecule has 0 fully saturated rings. The number of nitrogens with two attached hydrogens (primary N) is 1. The topological polar surface area (TPSA) is 67.6 Å². The third-order valence-electron chi connectivity index (χ3n) is 2.74. The van der Waals surface area contributed by atoms with E-state index in [1.54, 1.807) is 12.4 Å². The minimum Gasteiger partial charge on any atom is -0.397 e. The molecule has 0 aliphatic rings. The number of anilines is 1. The van der Waals surface area contributed by atoms with E-state index in [1.807, 2.05) is 18.2 Å². The lowest BCUT2D eigenvalue weighted by Crippen LogP contribution is -1.91. The van der Waals surface area contributed by atoms with Gasteiger partial charge in [-0.2, -0.15) is 0 Å². The molecule has 0 aliphatic heterocycles. The highest BCUT2D eigenvalue weighted by molar-refractivity contribution is 5.82. The van der Waals surface area contributed by atoms with Crippen molar-refractivity contribution < 1.29 is 0 Å². The molecule has 0 radical (unpaired) electrons. The van der Waals surface area contributed by atoms with E-state index < -0.39 is 0 Å². The minimum atomic E-state index is 0.628. The lowest BCUT2D eigenvalue weighted by molar-refractivity contribution is 1.29. The van der Waals surface area contributed by atoms with Crippen LogP contribution in [-0.2, 0) is 0 Å². The van der Waals surface area contributed by atoms with Gasteiger partial charge in [-0.25, -0.2) is 4.98 Å². The molecule has 0 amide bonds. The van der Waals surface area contributed by atoms with Gasteiger partial charge < -0.3 is 10.7 Å². The second kappa shape index (κ2) is 3.59. The second-order valence-corrected chi connectivity index (χ2v) is 4.07. The molecule has 0 unspecified atom stereocenters. The van der Waals surface area contributed by atoms with Crippen molar-refractivity contribution in [1.82, 2.24) is 15.0 Å². The number of aryl methyl sites for hydroxylation is 1. The molecule has 84 valence electrons. The van der Waals surface area contributed by atoms with E-state index in [9.17, 15) is 0 Å². The highest BCUT2D eigenvalue weighted by Gasteiger charge is 2.07. The number of aromatic amines is 1. The summed E-state index contributed by atoms with van der Waals surface area (Å²) in [5.41, 5.74) is 10.6. The summed E-state index contributed by atoms with van der Waals surface area (Å²) in [5.74, 6) is 0.783. The maximum Gasteiger partial charge on any atom is 0.140 e. The van der Waals surface area contributed by atoms with Crippen molar-refractivity contribution in [3.8, 4) is 11.4 Å². The second-order valence-electron chi connectivity index (χ2n) is 4.07. The molecule has 3 aromatic rings. The number of benzene rings is 1. The molecule has 2 heterocycles. The fourth-order valence-electron chi connectivity index (χ4n) is 1.87. The first-order valence-electron chi connectivity index (χ1n) is 5.40. The molecular formula is C13H12N4. The van der Waals surface area contributed by atoms with Crippen LogP contribution >= 0.6 is 0 Å². The van der Waals surface area contributed by atoms with Crippen molar-refractivity contribution in [3.63, 3.8) is 0 Å². The first-order valence-corrected chi connectivity index (χ1v) is 5.40. The van der Waals surface area contributed by atoms with Gasteiger partial charge in [0, 0.05) is 11.8 Å². The van der Waals surface area contributed by atoms with Crippen molar-refractivity contribution in [2.45, 2.75) is 6.92 Å². The fraction of sp³-hybridized carbons (Fsp3) is 0.0769. The lowest BCUT2D eigenvalue weighted by atomic mass is 10.2. The zero-order valence-electron chi connectivity index (χ0n) is 9.44. The number of nitrogens with one attached hydrogen (secondary N) is 1. The molecule has 3 rings (SSSR count). The van der Waals surface area contributed by atoms with Crippen LogP contribution in [0.4, 0.5) is 5.69 Å². The van der Waals surface area contributed by atoms with Gasteiger partial charge in [-0.05, 0) is 30.7 Å². The Kier molecular flexibility index (Phi) is 2.08. The van der Waals surface area contributed by atoms with Crippen LogP contribution < -0.4 is 5.73 Å². The number of imidazole rings is 1. The largest absolute Gasteiger partial charge is 0.397 e. The monoisotopic (exact) mass is 224 g/mol. The Labute approximate surface area is 98.5 Å². The molecule has 4 heteroatoms. The Balaban J connectivity index is 2.22. The summed E-state index contributed by atoms with van der Waals surface area (Å²) in [6.07, 6.45) is 3.35. The van der Waals surface area contributed by atoms with Gasteiger partial charge in [-0.3, -0.25) is 4.98 Å². The Morgan fingerprint density at radius 3 is 2.94 bits per heavy atom. The SMILES string of the molecule is Cc1ccc2nc(-c3ccncc3N)[nH]c2c1. The van der Waals surface area contributed by atoms with Gasteiger partial charge in [0.2, 0.25) is 0 Å². The van der Waals surface area contributed by atoms with Gasteiger partial charge in [0.1, 0.15) is 5.82 Å². The van der Waals surface area contributed by atoms with Crippen LogP contribution in [-0.4, -0.2) is 15.0 Å². The van der Waals surface area contributed by atoms with Crippen molar-refractivity contribution in [1.29, 1.82) is 0 Å². The predicted molar refractivity (Wildman–Crippen MR) is 68.5 cm³/mol. The Morgan fingerprint density at radius 2 is 2.12 bits per heavy atom. The molecule has 0 spiro atoms. The van der Waals surface area contributed by atoms with E-state index in [1.165, 1.54) is 5.56 Å². The van der Waals surface area contributed by atoms with Gasteiger partial charge >= 0.3 is 0 Å². The third-order valence-corrected chi connectivity index (χ3v) is 2.74. The molecule has 4 nitrogen and oxygen atoms in total. The van der Waals surface area contributed by atoms with Gasteiger partial charge in [-0.15, -0.1) is 0 Å². The molecule has 17 heavy (non-hydrogen) atoms. The van der Waals surface area contributed by atoms with Crippen LogP contribution in [0.25, 0.3) is 22.4 Å². The number of rotatable bonds is 1. The molecule has 0 saturated carbocycles. The number of H-pyrrole nitrogens is 1. The van der Waals surface area contributed by atoms with E-state index in [4.69, 9.17) is 5.73 Å². The van der Waals surface area contributed by atoms with Crippen molar-refractivity contribution >= 4 is 16.7 Å². The quantitative estimate of drug-likeness (QED) is 0.667. The van der Waals surface area contributed by atoms with E-state index in [0.717, 1.165) is 22.4 Å². The third kappa shape index (κ3) is 1.63. The molecule has 0 bridgehead atoms. The summed E-state index contributed by atoms with van der Waals surface area (Å²) in [4.78, 5) is 11.8. The first-order chi connectivity index (χ1) is 8.24. The molecule has 1 aromatic carbocycles. The highest BCUT2D eigenvalue weighted by atomic mass is 14.9. The fourth-order valence-corrected chi connectivity index (χ4v) is 1.87. The smallest absolute Gasteiger partial charge is 0.140 e. The molecule has 0 aliphatic carbocycles. The Hall–Kier alpha value is -2.36. The number of fused-ring (bicyclic) bond motifs is 1. The number of nitrogen functional groups attached to an aromatic ring is 1. The zero-order valence-corrected chi connectivity index (χ0v) is 9.44.